The van der Waals surface area contributed by atoms with Crippen molar-refractivity contribution in [2.24, 2.45) is 11.8 Å². The van der Waals surface area contributed by atoms with E-state index in [-0.39, 0.29) is 17.7 Å². The highest BCUT2D eigenvalue weighted by atomic mass is 16.5. The van der Waals surface area contributed by atoms with Gasteiger partial charge in [-0.3, -0.25) is 9.59 Å². The molecule has 0 unspecified atom stereocenters. The third kappa shape index (κ3) is 4.06. The number of carbonyl (C=O) groups excluding carboxylic acids is 2. The lowest BCUT2D eigenvalue weighted by atomic mass is 10.1. The molecule has 0 radical (unpaired) electrons. The number of likely N-dealkylation sites (tertiary alicyclic amines) is 1. The minimum atomic E-state index is -0.191. The molecule has 2 aliphatic rings. The van der Waals surface area contributed by atoms with Gasteiger partial charge in [-0.1, -0.05) is 6.07 Å². The quantitative estimate of drug-likeness (QED) is 0.849. The first-order chi connectivity index (χ1) is 12.1. The zero-order valence-corrected chi connectivity index (χ0v) is 15.0. The molecule has 25 heavy (non-hydrogen) atoms. The summed E-state index contributed by atoms with van der Waals surface area (Å²) in [4.78, 5) is 28.2. The van der Waals surface area contributed by atoms with Gasteiger partial charge in [0, 0.05) is 50.9 Å². The first kappa shape index (κ1) is 17.6. The Kier molecular flexibility index (Phi) is 5.46. The van der Waals surface area contributed by atoms with Gasteiger partial charge in [0.15, 0.2) is 0 Å². The number of nitrogens with one attached hydrogen (secondary N) is 1. The van der Waals surface area contributed by atoms with E-state index in [1.807, 2.05) is 25.1 Å². The summed E-state index contributed by atoms with van der Waals surface area (Å²) in [6.07, 6.45) is 1.41. The van der Waals surface area contributed by atoms with E-state index in [1.54, 1.807) is 12.0 Å². The second-order valence-electron chi connectivity index (χ2n) is 6.88. The van der Waals surface area contributed by atoms with Crippen molar-refractivity contribution >= 4 is 17.5 Å². The molecule has 136 valence electrons. The van der Waals surface area contributed by atoms with Gasteiger partial charge in [-0.05, 0) is 31.4 Å². The van der Waals surface area contributed by atoms with Gasteiger partial charge in [0.2, 0.25) is 11.8 Å². The zero-order valence-electron chi connectivity index (χ0n) is 15.0. The van der Waals surface area contributed by atoms with E-state index in [4.69, 9.17) is 4.74 Å². The molecule has 0 spiro atoms. The number of ether oxygens (including phenoxy) is 1. The fourth-order valence-electron chi connectivity index (χ4n) is 3.68. The molecule has 2 atom stereocenters. The van der Waals surface area contributed by atoms with Crippen molar-refractivity contribution in [1.82, 2.24) is 10.2 Å². The number of carbonyl (C=O) groups is 2. The van der Waals surface area contributed by atoms with Crippen molar-refractivity contribution in [3.63, 3.8) is 0 Å². The molecule has 1 aromatic rings. The summed E-state index contributed by atoms with van der Waals surface area (Å²) < 4.78 is 5.29. The summed E-state index contributed by atoms with van der Waals surface area (Å²) >= 11 is 0. The van der Waals surface area contributed by atoms with Crippen LogP contribution in [0.3, 0.4) is 0 Å². The molecule has 2 fully saturated rings. The maximum absolute atomic E-state index is 12.3. The van der Waals surface area contributed by atoms with Gasteiger partial charge in [0.25, 0.3) is 0 Å². The summed E-state index contributed by atoms with van der Waals surface area (Å²) in [5.74, 6) is 1.22. The number of hydrogen-bond donors (Lipinski definition) is 1. The highest BCUT2D eigenvalue weighted by Gasteiger charge is 2.33. The smallest absolute Gasteiger partial charge is 0.225 e. The van der Waals surface area contributed by atoms with E-state index < -0.39 is 0 Å². The van der Waals surface area contributed by atoms with Crippen LogP contribution < -0.4 is 15.0 Å². The predicted octanol–water partition coefficient (Wildman–Crippen LogP) is 1.51. The van der Waals surface area contributed by atoms with Crippen LogP contribution in [0.1, 0.15) is 19.8 Å². The number of amides is 2. The molecule has 0 saturated carbocycles. The van der Waals surface area contributed by atoms with Crippen molar-refractivity contribution in [1.29, 1.82) is 0 Å². The van der Waals surface area contributed by atoms with Crippen molar-refractivity contribution in [3.05, 3.63) is 24.3 Å². The standard InChI is InChI=1S/C19H27N3O3/c1-3-21-13-15(9-18(21)23)19(24)20-11-14-7-8-22(12-14)16-5-4-6-17(10-16)25-2/h4-6,10,14-15H,3,7-9,11-13H2,1-2H3,(H,20,24)/t14-,15-/m0/s1. The average molecular weight is 345 g/mol. The summed E-state index contributed by atoms with van der Waals surface area (Å²) in [7, 11) is 1.68. The topological polar surface area (TPSA) is 61.9 Å². The third-order valence-corrected chi connectivity index (χ3v) is 5.24. The molecule has 6 nitrogen and oxygen atoms in total. The van der Waals surface area contributed by atoms with Crippen LogP contribution in [-0.2, 0) is 9.59 Å². The van der Waals surface area contributed by atoms with Crippen molar-refractivity contribution < 1.29 is 14.3 Å². The minimum absolute atomic E-state index is 0.0177. The molecule has 2 heterocycles. The normalized spacial score (nSPS) is 23.2. The molecule has 6 heteroatoms. The molecule has 3 rings (SSSR count). The summed E-state index contributed by atoms with van der Waals surface area (Å²) in [5, 5.41) is 3.06. The molecule has 0 aliphatic carbocycles. The van der Waals surface area contributed by atoms with Gasteiger partial charge < -0.3 is 19.9 Å². The average Bonchev–Trinajstić information content (AvgIpc) is 3.26. The molecule has 1 N–H and O–H groups in total. The van der Waals surface area contributed by atoms with Gasteiger partial charge in [-0.2, -0.15) is 0 Å². The van der Waals surface area contributed by atoms with Gasteiger partial charge in [0.1, 0.15) is 5.75 Å². The van der Waals surface area contributed by atoms with E-state index in [9.17, 15) is 9.59 Å². The van der Waals surface area contributed by atoms with Crippen LogP contribution in [0.2, 0.25) is 0 Å². The Hall–Kier alpha value is -2.24. The molecule has 2 saturated heterocycles. The lowest BCUT2D eigenvalue weighted by molar-refractivity contribution is -0.128. The van der Waals surface area contributed by atoms with E-state index in [1.165, 1.54) is 0 Å². The molecule has 2 amide bonds. The molecular formula is C19H27N3O3. The monoisotopic (exact) mass is 345 g/mol. The van der Waals surface area contributed by atoms with E-state index >= 15 is 0 Å². The minimum Gasteiger partial charge on any atom is -0.497 e. The fraction of sp³-hybridized carbons (Fsp3) is 0.579. The number of nitrogens with zero attached hydrogens (tertiary/aromatic N) is 2. The molecule has 0 bridgehead atoms. The molecule has 1 aromatic carbocycles. The Labute approximate surface area is 149 Å². The highest BCUT2D eigenvalue weighted by Crippen LogP contribution is 2.26. The largest absolute Gasteiger partial charge is 0.497 e. The Morgan fingerprint density at radius 3 is 2.92 bits per heavy atom. The van der Waals surface area contributed by atoms with Crippen LogP contribution in [0.5, 0.6) is 5.75 Å². The van der Waals surface area contributed by atoms with Crippen LogP contribution in [0.15, 0.2) is 24.3 Å². The van der Waals surface area contributed by atoms with E-state index in [0.717, 1.165) is 30.9 Å². The van der Waals surface area contributed by atoms with Gasteiger partial charge in [-0.25, -0.2) is 0 Å². The fourth-order valence-corrected chi connectivity index (χ4v) is 3.68. The maximum atomic E-state index is 12.3. The van der Waals surface area contributed by atoms with Crippen LogP contribution in [0, 0.1) is 11.8 Å². The highest BCUT2D eigenvalue weighted by molar-refractivity contribution is 5.89. The maximum Gasteiger partial charge on any atom is 0.225 e. The lowest BCUT2D eigenvalue weighted by Crippen LogP contribution is -2.36. The van der Waals surface area contributed by atoms with Crippen molar-refractivity contribution in [2.75, 3.05) is 44.7 Å². The Morgan fingerprint density at radius 2 is 2.20 bits per heavy atom. The van der Waals surface area contributed by atoms with Gasteiger partial charge in [0.05, 0.1) is 13.0 Å². The number of anilines is 1. The molecular weight excluding hydrogens is 318 g/mol. The summed E-state index contributed by atoms with van der Waals surface area (Å²) in [5.41, 5.74) is 1.16. The second-order valence-corrected chi connectivity index (χ2v) is 6.88. The molecule has 0 aromatic heterocycles. The van der Waals surface area contributed by atoms with Gasteiger partial charge in [-0.15, -0.1) is 0 Å². The Balaban J connectivity index is 1.47. The number of methoxy groups -OCH3 is 1. The third-order valence-electron chi connectivity index (χ3n) is 5.24. The predicted molar refractivity (Wildman–Crippen MR) is 96.7 cm³/mol. The van der Waals surface area contributed by atoms with E-state index in [0.29, 0.717) is 32.0 Å². The van der Waals surface area contributed by atoms with Crippen LogP contribution >= 0.6 is 0 Å². The summed E-state index contributed by atoms with van der Waals surface area (Å²) in [6, 6.07) is 8.08. The first-order valence-corrected chi connectivity index (χ1v) is 9.05. The number of hydrogen-bond acceptors (Lipinski definition) is 4. The van der Waals surface area contributed by atoms with Gasteiger partial charge >= 0.3 is 0 Å². The lowest BCUT2D eigenvalue weighted by Gasteiger charge is -2.20. The van der Waals surface area contributed by atoms with Crippen LogP contribution in [-0.4, -0.2) is 56.5 Å². The van der Waals surface area contributed by atoms with E-state index in [2.05, 4.69) is 16.3 Å². The zero-order chi connectivity index (χ0) is 17.8. The van der Waals surface area contributed by atoms with Crippen molar-refractivity contribution in [3.8, 4) is 5.75 Å². The summed E-state index contributed by atoms with van der Waals surface area (Å²) in [6.45, 7) is 5.78. The SMILES string of the molecule is CCN1C[C@@H](C(=O)NC[C@@H]2CCN(c3cccc(OC)c3)C2)CC1=O. The molecule has 2 aliphatic heterocycles. The number of benzene rings is 1. The second kappa shape index (κ2) is 7.76. The van der Waals surface area contributed by atoms with Crippen LogP contribution in [0.4, 0.5) is 5.69 Å². The Bertz CT molecular complexity index is 634. The number of rotatable bonds is 6. The first-order valence-electron chi connectivity index (χ1n) is 9.05. The Morgan fingerprint density at radius 1 is 1.36 bits per heavy atom. The van der Waals surface area contributed by atoms with Crippen LogP contribution in [0.25, 0.3) is 0 Å². The van der Waals surface area contributed by atoms with Crippen molar-refractivity contribution in [2.45, 2.75) is 19.8 Å².